The molecule has 0 bridgehead atoms. The van der Waals surface area contributed by atoms with E-state index in [2.05, 4.69) is 24.4 Å². The first-order chi connectivity index (χ1) is 13.5. The van der Waals surface area contributed by atoms with Crippen LogP contribution in [0.2, 0.25) is 0 Å². The maximum atomic E-state index is 13.1. The van der Waals surface area contributed by atoms with Crippen molar-refractivity contribution in [2.45, 2.75) is 26.2 Å². The second-order valence-electron chi connectivity index (χ2n) is 7.30. The van der Waals surface area contributed by atoms with Crippen molar-refractivity contribution in [2.24, 2.45) is 5.92 Å². The van der Waals surface area contributed by atoms with E-state index >= 15 is 0 Å². The van der Waals surface area contributed by atoms with Crippen LogP contribution in [-0.4, -0.2) is 43.5 Å². The first-order valence-corrected chi connectivity index (χ1v) is 9.81. The number of aryl methyl sites for hydroxylation is 1. The molecule has 2 amide bonds. The van der Waals surface area contributed by atoms with Gasteiger partial charge in [-0.3, -0.25) is 9.59 Å². The number of ether oxygens (including phenoxy) is 1. The van der Waals surface area contributed by atoms with Gasteiger partial charge in [-0.25, -0.2) is 0 Å². The number of rotatable bonds is 6. The number of carbonyl (C=O) groups is 2. The quantitative estimate of drug-likeness (QED) is 0.836. The van der Waals surface area contributed by atoms with Gasteiger partial charge in [-0.05, 0) is 42.7 Å². The van der Waals surface area contributed by atoms with Crippen LogP contribution in [0.4, 0.5) is 0 Å². The van der Waals surface area contributed by atoms with Crippen molar-refractivity contribution in [1.29, 1.82) is 0 Å². The minimum atomic E-state index is -0.248. The maximum absolute atomic E-state index is 13.1. The Labute approximate surface area is 166 Å². The summed E-state index contributed by atoms with van der Waals surface area (Å²) in [5.74, 6) is 0.354. The van der Waals surface area contributed by atoms with Crippen LogP contribution in [0.5, 0.6) is 5.75 Å². The minimum absolute atomic E-state index is 0.00684. The molecule has 1 heterocycles. The Morgan fingerprint density at radius 1 is 1.14 bits per heavy atom. The molecular formula is C23H28N2O3. The Bertz CT molecular complexity index is 849. The molecule has 0 saturated carbocycles. The maximum Gasteiger partial charge on any atom is 0.254 e. The van der Waals surface area contributed by atoms with E-state index in [9.17, 15) is 9.59 Å². The molecule has 2 aromatic rings. The fraction of sp³-hybridized carbons (Fsp3) is 0.391. The minimum Gasteiger partial charge on any atom is -0.497 e. The summed E-state index contributed by atoms with van der Waals surface area (Å²) in [6.45, 7) is 5.70. The van der Waals surface area contributed by atoms with Crippen LogP contribution < -0.4 is 10.1 Å². The molecule has 2 aromatic carbocycles. The van der Waals surface area contributed by atoms with Gasteiger partial charge in [0, 0.05) is 31.1 Å². The Balaban J connectivity index is 1.87. The monoisotopic (exact) mass is 380 g/mol. The van der Waals surface area contributed by atoms with Crippen molar-refractivity contribution < 1.29 is 14.3 Å². The Morgan fingerprint density at radius 2 is 1.93 bits per heavy atom. The zero-order valence-corrected chi connectivity index (χ0v) is 16.8. The Morgan fingerprint density at radius 3 is 2.64 bits per heavy atom. The summed E-state index contributed by atoms with van der Waals surface area (Å²) in [6, 6.07) is 15.3. The Hall–Kier alpha value is -2.82. The van der Waals surface area contributed by atoms with Crippen molar-refractivity contribution in [2.75, 3.05) is 26.7 Å². The SMILES string of the molecule is CCCNC(=O)C1CN(C(=O)c2cccc(OC)c2)CC1c1ccccc1C. The summed E-state index contributed by atoms with van der Waals surface area (Å²) in [6.07, 6.45) is 0.889. The van der Waals surface area contributed by atoms with E-state index in [1.54, 1.807) is 24.1 Å². The molecule has 2 unspecified atom stereocenters. The second kappa shape index (κ2) is 8.91. The molecule has 0 spiro atoms. The van der Waals surface area contributed by atoms with Crippen LogP contribution in [-0.2, 0) is 4.79 Å². The van der Waals surface area contributed by atoms with E-state index in [-0.39, 0.29) is 23.7 Å². The summed E-state index contributed by atoms with van der Waals surface area (Å²) in [5, 5.41) is 3.01. The van der Waals surface area contributed by atoms with Gasteiger partial charge in [0.1, 0.15) is 5.75 Å². The normalized spacial score (nSPS) is 18.8. The number of hydrogen-bond donors (Lipinski definition) is 1. The molecule has 1 fully saturated rings. The van der Waals surface area contributed by atoms with Gasteiger partial charge in [0.2, 0.25) is 5.91 Å². The molecule has 5 nitrogen and oxygen atoms in total. The zero-order valence-electron chi connectivity index (χ0n) is 16.8. The molecule has 1 aliphatic heterocycles. The molecular weight excluding hydrogens is 352 g/mol. The van der Waals surface area contributed by atoms with Gasteiger partial charge in [-0.2, -0.15) is 0 Å². The number of hydrogen-bond acceptors (Lipinski definition) is 3. The molecule has 0 aliphatic carbocycles. The lowest BCUT2D eigenvalue weighted by atomic mass is 9.86. The molecule has 2 atom stereocenters. The highest BCUT2D eigenvalue weighted by Crippen LogP contribution is 2.35. The lowest BCUT2D eigenvalue weighted by Gasteiger charge is -2.19. The van der Waals surface area contributed by atoms with E-state index in [4.69, 9.17) is 4.74 Å². The molecule has 0 aromatic heterocycles. The molecule has 148 valence electrons. The molecule has 3 rings (SSSR count). The van der Waals surface area contributed by atoms with Crippen LogP contribution in [0.15, 0.2) is 48.5 Å². The molecule has 1 aliphatic rings. The third kappa shape index (κ3) is 4.19. The van der Waals surface area contributed by atoms with Crippen molar-refractivity contribution in [3.8, 4) is 5.75 Å². The topological polar surface area (TPSA) is 58.6 Å². The largest absolute Gasteiger partial charge is 0.497 e. The number of carbonyl (C=O) groups excluding carboxylic acids is 2. The van der Waals surface area contributed by atoms with E-state index in [1.807, 2.05) is 31.2 Å². The first-order valence-electron chi connectivity index (χ1n) is 9.81. The number of likely N-dealkylation sites (tertiary alicyclic amines) is 1. The third-order valence-electron chi connectivity index (χ3n) is 5.40. The molecule has 1 N–H and O–H groups in total. The fourth-order valence-electron chi connectivity index (χ4n) is 3.87. The van der Waals surface area contributed by atoms with E-state index in [0.717, 1.165) is 17.5 Å². The summed E-state index contributed by atoms with van der Waals surface area (Å²) < 4.78 is 5.24. The summed E-state index contributed by atoms with van der Waals surface area (Å²) in [7, 11) is 1.59. The predicted octanol–water partition coefficient (Wildman–Crippen LogP) is 3.39. The van der Waals surface area contributed by atoms with Gasteiger partial charge in [0.15, 0.2) is 0 Å². The highest BCUT2D eigenvalue weighted by molar-refractivity contribution is 5.95. The van der Waals surface area contributed by atoms with Crippen molar-refractivity contribution in [1.82, 2.24) is 10.2 Å². The molecule has 5 heteroatoms. The number of amides is 2. The van der Waals surface area contributed by atoms with E-state index in [0.29, 0.717) is 30.9 Å². The van der Waals surface area contributed by atoms with Crippen LogP contribution >= 0.6 is 0 Å². The van der Waals surface area contributed by atoms with Crippen LogP contribution in [0, 0.1) is 12.8 Å². The number of methoxy groups -OCH3 is 1. The second-order valence-corrected chi connectivity index (χ2v) is 7.30. The summed E-state index contributed by atoms with van der Waals surface area (Å²) in [4.78, 5) is 27.7. The zero-order chi connectivity index (χ0) is 20.1. The van der Waals surface area contributed by atoms with Gasteiger partial charge in [-0.15, -0.1) is 0 Å². The summed E-state index contributed by atoms with van der Waals surface area (Å²) >= 11 is 0. The van der Waals surface area contributed by atoms with Gasteiger partial charge >= 0.3 is 0 Å². The van der Waals surface area contributed by atoms with Crippen LogP contribution in [0.3, 0.4) is 0 Å². The van der Waals surface area contributed by atoms with Crippen molar-refractivity contribution in [3.05, 3.63) is 65.2 Å². The predicted molar refractivity (Wildman–Crippen MR) is 110 cm³/mol. The van der Waals surface area contributed by atoms with E-state index in [1.165, 1.54) is 0 Å². The van der Waals surface area contributed by atoms with Crippen molar-refractivity contribution in [3.63, 3.8) is 0 Å². The van der Waals surface area contributed by atoms with Crippen molar-refractivity contribution >= 4 is 11.8 Å². The lowest BCUT2D eigenvalue weighted by molar-refractivity contribution is -0.124. The van der Waals surface area contributed by atoms with Crippen LogP contribution in [0.1, 0.15) is 40.7 Å². The lowest BCUT2D eigenvalue weighted by Crippen LogP contribution is -2.36. The summed E-state index contributed by atoms with van der Waals surface area (Å²) in [5.41, 5.74) is 2.87. The smallest absolute Gasteiger partial charge is 0.254 e. The molecule has 0 radical (unpaired) electrons. The van der Waals surface area contributed by atoms with Crippen LogP contribution in [0.25, 0.3) is 0 Å². The van der Waals surface area contributed by atoms with Gasteiger partial charge < -0.3 is 15.0 Å². The fourth-order valence-corrected chi connectivity index (χ4v) is 3.87. The number of nitrogens with zero attached hydrogens (tertiary/aromatic N) is 1. The highest BCUT2D eigenvalue weighted by Gasteiger charge is 2.40. The van der Waals surface area contributed by atoms with Gasteiger partial charge in [-0.1, -0.05) is 37.3 Å². The Kier molecular flexibility index (Phi) is 6.34. The average molecular weight is 380 g/mol. The highest BCUT2D eigenvalue weighted by atomic mass is 16.5. The molecule has 1 saturated heterocycles. The first kappa shape index (κ1) is 19.9. The van der Waals surface area contributed by atoms with E-state index < -0.39 is 0 Å². The van der Waals surface area contributed by atoms with Gasteiger partial charge in [0.05, 0.1) is 13.0 Å². The number of nitrogens with one attached hydrogen (secondary N) is 1. The average Bonchev–Trinajstić information content (AvgIpc) is 3.17. The molecule has 28 heavy (non-hydrogen) atoms. The third-order valence-corrected chi connectivity index (χ3v) is 5.40. The standard InChI is InChI=1S/C23H28N2O3/c1-4-12-24-22(26)21-15-25(14-20(21)19-11-6-5-8-16(19)2)23(27)17-9-7-10-18(13-17)28-3/h5-11,13,20-21H,4,12,14-15H2,1-3H3,(H,24,26). The number of benzene rings is 2. The van der Waals surface area contributed by atoms with Gasteiger partial charge in [0.25, 0.3) is 5.91 Å².